The predicted molar refractivity (Wildman–Crippen MR) is 81.0 cm³/mol. The molecule has 0 unspecified atom stereocenters. The number of benzene rings is 1. The Hall–Kier alpha value is -2.20. The molecule has 0 aliphatic heterocycles. The normalized spacial score (nSPS) is 11.1. The number of pyridine rings is 1. The van der Waals surface area contributed by atoms with E-state index in [4.69, 9.17) is 4.98 Å². The molecule has 2 aromatic heterocycles. The predicted octanol–water partition coefficient (Wildman–Crippen LogP) is 2.84. The number of aromatic nitrogens is 3. The van der Waals surface area contributed by atoms with Crippen molar-refractivity contribution in [2.45, 2.75) is 20.4 Å². The van der Waals surface area contributed by atoms with Crippen LogP contribution in [0.4, 0.5) is 0 Å². The maximum atomic E-state index is 4.81. The molecule has 0 fully saturated rings. The third kappa shape index (κ3) is 2.30. The smallest absolute Gasteiger partial charge is 0.143 e. The Morgan fingerprint density at radius 3 is 2.85 bits per heavy atom. The van der Waals surface area contributed by atoms with E-state index in [1.807, 2.05) is 42.1 Å². The van der Waals surface area contributed by atoms with Crippen LogP contribution in [0.25, 0.3) is 16.7 Å². The Morgan fingerprint density at radius 1 is 1.25 bits per heavy atom. The fourth-order valence-electron chi connectivity index (χ4n) is 2.35. The zero-order valence-electron chi connectivity index (χ0n) is 11.8. The summed E-state index contributed by atoms with van der Waals surface area (Å²) < 4.78 is 2.04. The summed E-state index contributed by atoms with van der Waals surface area (Å²) in [5.74, 6) is 1.91. The van der Waals surface area contributed by atoms with Crippen molar-refractivity contribution in [1.82, 2.24) is 19.9 Å². The molecular weight excluding hydrogens is 248 g/mol. The van der Waals surface area contributed by atoms with E-state index in [-0.39, 0.29) is 0 Å². The summed E-state index contributed by atoms with van der Waals surface area (Å²) in [6.07, 6.45) is 3.77. The van der Waals surface area contributed by atoms with E-state index in [9.17, 15) is 0 Å². The molecule has 4 nitrogen and oxygen atoms in total. The van der Waals surface area contributed by atoms with Crippen molar-refractivity contribution >= 4 is 10.9 Å². The lowest BCUT2D eigenvalue weighted by atomic mass is 10.1. The number of aryl methyl sites for hydroxylation is 1. The maximum Gasteiger partial charge on any atom is 0.143 e. The first kappa shape index (κ1) is 12.8. The van der Waals surface area contributed by atoms with E-state index < -0.39 is 0 Å². The van der Waals surface area contributed by atoms with Crippen molar-refractivity contribution < 1.29 is 0 Å². The molecule has 102 valence electrons. The number of fused-ring (bicyclic) bond motifs is 1. The van der Waals surface area contributed by atoms with E-state index in [0.29, 0.717) is 0 Å². The number of imidazole rings is 1. The first-order valence-corrected chi connectivity index (χ1v) is 6.89. The van der Waals surface area contributed by atoms with Crippen LogP contribution in [0.15, 0.2) is 42.7 Å². The van der Waals surface area contributed by atoms with Crippen molar-refractivity contribution in [2.24, 2.45) is 0 Å². The van der Waals surface area contributed by atoms with Crippen molar-refractivity contribution in [3.8, 4) is 5.82 Å². The van der Waals surface area contributed by atoms with Gasteiger partial charge in [0.15, 0.2) is 0 Å². The molecular formula is C16H18N4. The van der Waals surface area contributed by atoms with Gasteiger partial charge in [-0.1, -0.05) is 25.1 Å². The molecule has 1 N–H and O–H groups in total. The lowest BCUT2D eigenvalue weighted by molar-refractivity contribution is 0.718. The van der Waals surface area contributed by atoms with Crippen LogP contribution in [0.2, 0.25) is 0 Å². The second kappa shape index (κ2) is 5.43. The van der Waals surface area contributed by atoms with Crippen LogP contribution in [0.3, 0.4) is 0 Å². The number of hydrogen-bond acceptors (Lipinski definition) is 3. The molecule has 1 aromatic carbocycles. The summed E-state index contributed by atoms with van der Waals surface area (Å²) in [4.78, 5) is 9.11. The molecule has 0 aliphatic carbocycles. The van der Waals surface area contributed by atoms with E-state index in [1.165, 1.54) is 10.9 Å². The topological polar surface area (TPSA) is 42.7 Å². The zero-order chi connectivity index (χ0) is 13.9. The van der Waals surface area contributed by atoms with Gasteiger partial charge in [-0.3, -0.25) is 4.57 Å². The Kier molecular flexibility index (Phi) is 3.48. The third-order valence-electron chi connectivity index (χ3n) is 3.40. The quantitative estimate of drug-likeness (QED) is 0.789. The summed E-state index contributed by atoms with van der Waals surface area (Å²) in [6, 6.07) is 10.4. The fourth-order valence-corrected chi connectivity index (χ4v) is 2.35. The third-order valence-corrected chi connectivity index (χ3v) is 3.40. The fraction of sp³-hybridized carbons (Fsp3) is 0.250. The minimum atomic E-state index is 0.807. The van der Waals surface area contributed by atoms with Crippen LogP contribution in [0.5, 0.6) is 0 Å². The summed E-state index contributed by atoms with van der Waals surface area (Å²) in [5.41, 5.74) is 2.20. The molecule has 0 spiro atoms. The van der Waals surface area contributed by atoms with Gasteiger partial charge in [0.05, 0.1) is 5.52 Å². The number of rotatable bonds is 4. The maximum absolute atomic E-state index is 4.81. The molecule has 0 saturated carbocycles. The molecule has 0 saturated heterocycles. The number of hydrogen-bond donors (Lipinski definition) is 1. The molecule has 0 aliphatic rings. The van der Waals surface area contributed by atoms with E-state index in [2.05, 4.69) is 29.4 Å². The van der Waals surface area contributed by atoms with Gasteiger partial charge in [0, 0.05) is 29.9 Å². The molecule has 0 bridgehead atoms. The lowest BCUT2D eigenvalue weighted by Crippen LogP contribution is -2.15. The highest BCUT2D eigenvalue weighted by molar-refractivity contribution is 5.80. The number of para-hydroxylation sites is 1. The van der Waals surface area contributed by atoms with Gasteiger partial charge in [0.25, 0.3) is 0 Å². The van der Waals surface area contributed by atoms with Crippen LogP contribution in [0.1, 0.15) is 18.3 Å². The van der Waals surface area contributed by atoms with Crippen LogP contribution < -0.4 is 5.32 Å². The highest BCUT2D eigenvalue weighted by Crippen LogP contribution is 2.20. The van der Waals surface area contributed by atoms with Gasteiger partial charge < -0.3 is 5.32 Å². The van der Waals surface area contributed by atoms with E-state index in [0.717, 1.165) is 30.2 Å². The summed E-state index contributed by atoms with van der Waals surface area (Å²) in [6.45, 7) is 5.85. The molecule has 3 rings (SSSR count). The van der Waals surface area contributed by atoms with Crippen molar-refractivity contribution in [1.29, 1.82) is 0 Å². The molecule has 20 heavy (non-hydrogen) atoms. The average Bonchev–Trinajstić information content (AvgIpc) is 2.90. The lowest BCUT2D eigenvalue weighted by Gasteiger charge is -2.13. The van der Waals surface area contributed by atoms with Gasteiger partial charge in [0.1, 0.15) is 11.6 Å². The zero-order valence-corrected chi connectivity index (χ0v) is 11.8. The Labute approximate surface area is 118 Å². The Bertz CT molecular complexity index is 730. The van der Waals surface area contributed by atoms with Gasteiger partial charge >= 0.3 is 0 Å². The molecule has 0 radical (unpaired) electrons. The van der Waals surface area contributed by atoms with Crippen molar-refractivity contribution in [3.63, 3.8) is 0 Å². The Balaban J connectivity index is 2.19. The highest BCUT2D eigenvalue weighted by Gasteiger charge is 2.10. The average molecular weight is 266 g/mol. The van der Waals surface area contributed by atoms with Crippen molar-refractivity contribution in [2.75, 3.05) is 6.54 Å². The van der Waals surface area contributed by atoms with Gasteiger partial charge in [-0.05, 0) is 25.6 Å². The number of nitrogens with one attached hydrogen (secondary N) is 1. The Morgan fingerprint density at radius 2 is 2.10 bits per heavy atom. The van der Waals surface area contributed by atoms with Gasteiger partial charge in [-0.25, -0.2) is 9.97 Å². The number of nitrogens with zero attached hydrogens (tertiary/aromatic N) is 3. The van der Waals surface area contributed by atoms with Gasteiger partial charge in [0.2, 0.25) is 0 Å². The summed E-state index contributed by atoms with van der Waals surface area (Å²) in [7, 11) is 0. The minimum Gasteiger partial charge on any atom is -0.313 e. The van der Waals surface area contributed by atoms with Gasteiger partial charge in [-0.2, -0.15) is 0 Å². The second-order valence-corrected chi connectivity index (χ2v) is 4.79. The molecule has 0 atom stereocenters. The molecule has 0 amide bonds. The van der Waals surface area contributed by atoms with Crippen LogP contribution in [-0.2, 0) is 6.54 Å². The summed E-state index contributed by atoms with van der Waals surface area (Å²) >= 11 is 0. The standard InChI is InChI=1S/C16H18N4/c1-3-17-11-14-10-13-6-4-5-7-15(13)19-16(14)20-9-8-18-12(20)2/h4-10,17H,3,11H2,1-2H3. The summed E-state index contributed by atoms with van der Waals surface area (Å²) in [5, 5.41) is 4.55. The van der Waals surface area contributed by atoms with Crippen molar-refractivity contribution in [3.05, 3.63) is 54.1 Å². The largest absolute Gasteiger partial charge is 0.313 e. The van der Waals surface area contributed by atoms with Crippen LogP contribution >= 0.6 is 0 Å². The minimum absolute atomic E-state index is 0.807. The molecule has 3 aromatic rings. The molecule has 2 heterocycles. The second-order valence-electron chi connectivity index (χ2n) is 4.79. The van der Waals surface area contributed by atoms with Crippen LogP contribution in [-0.4, -0.2) is 21.1 Å². The highest BCUT2D eigenvalue weighted by atomic mass is 15.1. The van der Waals surface area contributed by atoms with Crippen LogP contribution in [0, 0.1) is 6.92 Å². The first-order valence-electron chi connectivity index (χ1n) is 6.89. The van der Waals surface area contributed by atoms with Gasteiger partial charge in [-0.15, -0.1) is 0 Å². The monoisotopic (exact) mass is 266 g/mol. The van der Waals surface area contributed by atoms with E-state index >= 15 is 0 Å². The first-order chi connectivity index (χ1) is 9.79. The SMILES string of the molecule is CCNCc1cc2ccccc2nc1-n1ccnc1C. The van der Waals surface area contributed by atoms with E-state index in [1.54, 1.807) is 0 Å². The molecule has 4 heteroatoms.